The number of carbonyl (C=O) groups is 6. The minimum absolute atomic E-state index is 0.00291. The summed E-state index contributed by atoms with van der Waals surface area (Å²) >= 11 is 0. The van der Waals surface area contributed by atoms with E-state index in [0.717, 1.165) is 51.1 Å². The Hall–Kier alpha value is -5.20. The van der Waals surface area contributed by atoms with E-state index in [1.807, 2.05) is 42.5 Å². The summed E-state index contributed by atoms with van der Waals surface area (Å²) in [5.74, 6) is -5.09. The number of ether oxygens (including phenoxy) is 6. The molecule has 0 fully saturated rings. The number of benzene rings is 2. The maximum absolute atomic E-state index is 13.2. The quantitative estimate of drug-likeness (QED) is 0.267. The monoisotopic (exact) mass is 639 g/mol. The van der Waals surface area contributed by atoms with Gasteiger partial charge in [-0.3, -0.25) is 24.0 Å². The molecule has 1 heterocycles. The number of esters is 5. The maximum Gasteiger partial charge on any atom is 0.373 e. The first-order valence-electron chi connectivity index (χ1n) is 14.4. The van der Waals surface area contributed by atoms with Crippen molar-refractivity contribution in [3.05, 3.63) is 65.4 Å². The lowest BCUT2D eigenvalue weighted by Crippen LogP contribution is -2.63. The van der Waals surface area contributed by atoms with Crippen LogP contribution in [0.1, 0.15) is 46.6 Å². The Morgan fingerprint density at radius 2 is 1.54 bits per heavy atom. The van der Waals surface area contributed by atoms with E-state index in [2.05, 4.69) is 5.32 Å². The number of methoxy groups -OCH3 is 1. The highest BCUT2D eigenvalue weighted by Crippen LogP contribution is 2.34. The number of nitrogens with one attached hydrogen (secondary N) is 1. The molecule has 1 aliphatic heterocycles. The van der Waals surface area contributed by atoms with Crippen LogP contribution in [0.25, 0.3) is 16.8 Å². The molecule has 1 aliphatic rings. The summed E-state index contributed by atoms with van der Waals surface area (Å²) in [6.07, 6.45) is -2.38. The van der Waals surface area contributed by atoms with Crippen LogP contribution in [0.3, 0.4) is 0 Å². The molecule has 2 aromatic rings. The van der Waals surface area contributed by atoms with E-state index in [0.29, 0.717) is 0 Å². The third-order valence-corrected chi connectivity index (χ3v) is 6.78. The molecule has 246 valence electrons. The van der Waals surface area contributed by atoms with E-state index in [4.69, 9.17) is 28.4 Å². The second-order valence-corrected chi connectivity index (χ2v) is 10.4. The van der Waals surface area contributed by atoms with E-state index < -0.39 is 72.8 Å². The van der Waals surface area contributed by atoms with Crippen LogP contribution < -0.4 is 5.32 Å². The standard InChI is InChI=1S/C33H37NO12/c1-18(35)34-28-29(44-21(4)38)26(13-9-10-23-14-15-24-11-7-8-12-25(24)16-23)30(33(40)41-6)46-32(28)31(45-22(5)39)27(43-20(3)37)17-42-19(2)36/h7-12,14-16,27-29,31-32H,13,17H2,1-6H3,(H,34,35)/b10-9+/t27-,28-,29+,31-,32-/m1/s1. The zero-order chi connectivity index (χ0) is 34.0. The summed E-state index contributed by atoms with van der Waals surface area (Å²) in [6.45, 7) is 5.04. The molecule has 3 rings (SSSR count). The highest BCUT2D eigenvalue weighted by atomic mass is 16.6. The summed E-state index contributed by atoms with van der Waals surface area (Å²) in [6, 6.07) is 12.4. The summed E-state index contributed by atoms with van der Waals surface area (Å²) in [5.41, 5.74) is 0.986. The van der Waals surface area contributed by atoms with Crippen LogP contribution in [0.5, 0.6) is 0 Å². The molecule has 5 atom stereocenters. The molecule has 13 nitrogen and oxygen atoms in total. The number of hydrogen-bond donors (Lipinski definition) is 1. The molecule has 2 aromatic carbocycles. The fourth-order valence-electron chi connectivity index (χ4n) is 5.06. The van der Waals surface area contributed by atoms with Gasteiger partial charge in [0.15, 0.2) is 24.4 Å². The summed E-state index contributed by atoms with van der Waals surface area (Å²) in [4.78, 5) is 74.0. The molecule has 46 heavy (non-hydrogen) atoms. The maximum atomic E-state index is 13.2. The zero-order valence-corrected chi connectivity index (χ0v) is 26.4. The molecule has 0 radical (unpaired) electrons. The van der Waals surface area contributed by atoms with E-state index in [9.17, 15) is 28.8 Å². The molecule has 1 N–H and O–H groups in total. The Kier molecular flexibility index (Phi) is 12.4. The lowest BCUT2D eigenvalue weighted by atomic mass is 9.87. The molecular formula is C33H37NO12. The van der Waals surface area contributed by atoms with Crippen LogP contribution in [0.4, 0.5) is 0 Å². The number of rotatable bonds is 12. The van der Waals surface area contributed by atoms with Gasteiger partial charge in [-0.15, -0.1) is 0 Å². The van der Waals surface area contributed by atoms with Gasteiger partial charge in [0.1, 0.15) is 12.6 Å². The molecule has 13 heteroatoms. The predicted octanol–water partition coefficient (Wildman–Crippen LogP) is 2.93. The van der Waals surface area contributed by atoms with Gasteiger partial charge in [-0.25, -0.2) is 4.79 Å². The highest BCUT2D eigenvalue weighted by molar-refractivity contribution is 5.88. The van der Waals surface area contributed by atoms with Gasteiger partial charge in [0.25, 0.3) is 0 Å². The molecule has 0 aliphatic carbocycles. The fraction of sp³-hybridized carbons (Fsp3) is 0.394. The van der Waals surface area contributed by atoms with Crippen molar-refractivity contribution in [2.24, 2.45) is 0 Å². The van der Waals surface area contributed by atoms with Gasteiger partial charge in [0.05, 0.1) is 7.11 Å². The van der Waals surface area contributed by atoms with Gasteiger partial charge in [0.2, 0.25) is 11.7 Å². The number of fused-ring (bicyclic) bond motifs is 1. The molecule has 1 amide bonds. The highest BCUT2D eigenvalue weighted by Gasteiger charge is 2.51. The van der Waals surface area contributed by atoms with Crippen molar-refractivity contribution in [1.29, 1.82) is 0 Å². The van der Waals surface area contributed by atoms with Gasteiger partial charge in [0, 0.05) is 40.2 Å². The van der Waals surface area contributed by atoms with Gasteiger partial charge in [-0.05, 0) is 28.8 Å². The first-order chi connectivity index (χ1) is 21.8. The van der Waals surface area contributed by atoms with Crippen LogP contribution >= 0.6 is 0 Å². The molecule has 0 bridgehead atoms. The van der Waals surface area contributed by atoms with E-state index in [1.165, 1.54) is 6.92 Å². The van der Waals surface area contributed by atoms with E-state index in [1.54, 1.807) is 12.2 Å². The lowest BCUT2D eigenvalue weighted by molar-refractivity contribution is -0.192. The first-order valence-corrected chi connectivity index (χ1v) is 14.4. The molecule has 0 saturated carbocycles. The Bertz CT molecular complexity index is 1540. The molecule has 0 saturated heterocycles. The second-order valence-electron chi connectivity index (χ2n) is 10.4. The molecule has 0 aromatic heterocycles. The van der Waals surface area contributed by atoms with E-state index in [-0.39, 0.29) is 17.8 Å². The lowest BCUT2D eigenvalue weighted by Gasteiger charge is -2.43. The van der Waals surface area contributed by atoms with Crippen molar-refractivity contribution >= 4 is 52.6 Å². The normalized spacial score (nSPS) is 19.0. The smallest absolute Gasteiger partial charge is 0.373 e. The largest absolute Gasteiger partial charge is 0.477 e. The average molecular weight is 640 g/mol. The zero-order valence-electron chi connectivity index (χ0n) is 26.4. The van der Waals surface area contributed by atoms with Crippen LogP contribution in [0, 0.1) is 0 Å². The number of carbonyl (C=O) groups excluding carboxylic acids is 6. The van der Waals surface area contributed by atoms with Gasteiger partial charge in [-0.1, -0.05) is 48.6 Å². The second kappa shape index (κ2) is 16.2. The fourth-order valence-corrected chi connectivity index (χ4v) is 5.06. The topological polar surface area (TPSA) is 170 Å². The van der Waals surface area contributed by atoms with Crippen LogP contribution in [0.2, 0.25) is 0 Å². The van der Waals surface area contributed by atoms with E-state index >= 15 is 0 Å². The van der Waals surface area contributed by atoms with Crippen molar-refractivity contribution in [3.63, 3.8) is 0 Å². The van der Waals surface area contributed by atoms with Crippen molar-refractivity contribution in [3.8, 4) is 0 Å². The molecule has 0 unspecified atom stereocenters. The van der Waals surface area contributed by atoms with Crippen molar-refractivity contribution < 1.29 is 57.2 Å². The van der Waals surface area contributed by atoms with Gasteiger partial charge < -0.3 is 33.7 Å². The summed E-state index contributed by atoms with van der Waals surface area (Å²) in [7, 11) is 1.11. The van der Waals surface area contributed by atoms with Crippen LogP contribution in [-0.4, -0.2) is 79.9 Å². The minimum Gasteiger partial charge on any atom is -0.477 e. The van der Waals surface area contributed by atoms with Crippen molar-refractivity contribution in [2.75, 3.05) is 13.7 Å². The summed E-state index contributed by atoms with van der Waals surface area (Å²) < 4.78 is 32.7. The number of amides is 1. The average Bonchev–Trinajstić information content (AvgIpc) is 2.98. The SMILES string of the molecule is COC(=O)C1=C(C/C=C/c2ccc3ccccc3c2)[C@H](OC(C)=O)[C@@H](NC(C)=O)[C@H]([C@H](OC(C)=O)[C@@H](COC(C)=O)OC(C)=O)O1. The Morgan fingerprint density at radius 1 is 0.870 bits per heavy atom. The number of allylic oxidation sites excluding steroid dienone is 1. The molecule has 0 spiro atoms. The third-order valence-electron chi connectivity index (χ3n) is 6.78. The predicted molar refractivity (Wildman–Crippen MR) is 162 cm³/mol. The Morgan fingerprint density at radius 3 is 2.13 bits per heavy atom. The number of hydrogen-bond acceptors (Lipinski definition) is 12. The third kappa shape index (κ3) is 9.65. The van der Waals surface area contributed by atoms with Gasteiger partial charge in [-0.2, -0.15) is 0 Å². The summed E-state index contributed by atoms with van der Waals surface area (Å²) in [5, 5.41) is 4.73. The minimum atomic E-state index is -1.58. The molecular weight excluding hydrogens is 602 g/mol. The van der Waals surface area contributed by atoms with Crippen LogP contribution in [-0.2, 0) is 57.2 Å². The van der Waals surface area contributed by atoms with Crippen molar-refractivity contribution in [2.45, 2.75) is 71.5 Å². The van der Waals surface area contributed by atoms with Crippen molar-refractivity contribution in [1.82, 2.24) is 5.32 Å². The Balaban J connectivity index is 2.16. The van der Waals surface area contributed by atoms with Gasteiger partial charge >= 0.3 is 29.8 Å². The first kappa shape index (κ1) is 35.3. The van der Waals surface area contributed by atoms with Crippen LogP contribution in [0.15, 0.2) is 59.9 Å². The Labute approximate surface area is 265 Å².